The Hall–Kier alpha value is -3.36. The zero-order valence-electron chi connectivity index (χ0n) is 12.9. The molecule has 0 aliphatic heterocycles. The second kappa shape index (κ2) is 7.47. The van der Waals surface area contributed by atoms with Gasteiger partial charge in [-0.2, -0.15) is 0 Å². The number of hydrogen-bond donors (Lipinski definition) is 1. The van der Waals surface area contributed by atoms with E-state index >= 15 is 0 Å². The molecule has 9 heteroatoms. The van der Waals surface area contributed by atoms with Crippen LogP contribution in [0.1, 0.15) is 17.3 Å². The van der Waals surface area contributed by atoms with Crippen LogP contribution in [-0.2, 0) is 4.79 Å². The lowest BCUT2D eigenvalue weighted by molar-refractivity contribution is -0.386. The Labute approximate surface area is 140 Å². The van der Waals surface area contributed by atoms with Gasteiger partial charge in [-0.25, -0.2) is 8.78 Å². The first-order chi connectivity index (χ1) is 11.8. The Bertz CT molecular complexity index is 821. The molecule has 0 spiro atoms. The van der Waals surface area contributed by atoms with Gasteiger partial charge in [-0.1, -0.05) is 6.07 Å². The highest BCUT2D eigenvalue weighted by Gasteiger charge is 2.23. The van der Waals surface area contributed by atoms with Crippen LogP contribution in [0.4, 0.5) is 20.2 Å². The smallest absolute Gasteiger partial charge is 0.311 e. The van der Waals surface area contributed by atoms with Crippen molar-refractivity contribution in [3.05, 3.63) is 63.7 Å². The molecule has 7 nitrogen and oxygen atoms in total. The SMILES string of the molecule is C[C@@H](Oc1ccc(C=O)cc1[N+](=O)[O-])C(=O)Nc1c(F)cccc1F. The number of amides is 1. The minimum Gasteiger partial charge on any atom is -0.474 e. The molecule has 1 atom stereocenters. The molecule has 2 rings (SSSR count). The Morgan fingerprint density at radius 2 is 1.92 bits per heavy atom. The number of ether oxygens (including phenoxy) is 1. The monoisotopic (exact) mass is 350 g/mol. The van der Waals surface area contributed by atoms with Gasteiger partial charge >= 0.3 is 5.69 Å². The Balaban J connectivity index is 2.19. The third-order valence-electron chi connectivity index (χ3n) is 3.20. The number of nitrogens with zero attached hydrogens (tertiary/aromatic N) is 1. The van der Waals surface area contributed by atoms with Gasteiger partial charge in [0.05, 0.1) is 4.92 Å². The molecule has 130 valence electrons. The predicted molar refractivity (Wildman–Crippen MR) is 83.6 cm³/mol. The van der Waals surface area contributed by atoms with Crippen LogP contribution < -0.4 is 10.1 Å². The fraction of sp³-hybridized carbons (Fsp3) is 0.125. The second-order valence-corrected chi connectivity index (χ2v) is 4.95. The van der Waals surface area contributed by atoms with Gasteiger partial charge in [0.15, 0.2) is 11.9 Å². The van der Waals surface area contributed by atoms with E-state index in [1.807, 2.05) is 5.32 Å². The standard InChI is InChI=1S/C16H12F2N2O5/c1-9(16(22)19-15-11(17)3-2-4-12(15)18)25-14-6-5-10(8-21)7-13(14)20(23)24/h2-9H,1H3,(H,19,22)/t9-/m1/s1. The number of benzene rings is 2. The van der Waals surface area contributed by atoms with Gasteiger partial charge in [-0.15, -0.1) is 0 Å². The normalized spacial score (nSPS) is 11.5. The van der Waals surface area contributed by atoms with E-state index in [4.69, 9.17) is 4.74 Å². The number of nitro benzene ring substituents is 1. The lowest BCUT2D eigenvalue weighted by Gasteiger charge is -2.15. The molecule has 0 heterocycles. The summed E-state index contributed by atoms with van der Waals surface area (Å²) in [6.07, 6.45) is -0.867. The molecule has 0 aromatic heterocycles. The van der Waals surface area contributed by atoms with E-state index in [1.54, 1.807) is 0 Å². The average molecular weight is 350 g/mol. The number of halogens is 2. The average Bonchev–Trinajstić information content (AvgIpc) is 2.58. The summed E-state index contributed by atoms with van der Waals surface area (Å²) in [5, 5.41) is 13.1. The van der Waals surface area contributed by atoms with Crippen LogP contribution in [-0.4, -0.2) is 23.2 Å². The van der Waals surface area contributed by atoms with Gasteiger partial charge in [-0.3, -0.25) is 19.7 Å². The molecule has 0 aliphatic carbocycles. The lowest BCUT2D eigenvalue weighted by atomic mass is 10.2. The van der Waals surface area contributed by atoms with Crippen molar-refractivity contribution >= 4 is 23.6 Å². The predicted octanol–water partition coefficient (Wildman–Crippen LogP) is 3.09. The van der Waals surface area contributed by atoms with Crippen molar-refractivity contribution in [2.75, 3.05) is 5.32 Å². The summed E-state index contributed by atoms with van der Waals surface area (Å²) < 4.78 is 32.3. The van der Waals surface area contributed by atoms with E-state index in [9.17, 15) is 28.5 Å². The van der Waals surface area contributed by atoms with E-state index < -0.39 is 39.9 Å². The third kappa shape index (κ3) is 4.14. The number of anilines is 1. The van der Waals surface area contributed by atoms with Crippen molar-refractivity contribution in [1.82, 2.24) is 0 Å². The van der Waals surface area contributed by atoms with Crippen molar-refractivity contribution in [3.8, 4) is 5.75 Å². The molecule has 1 amide bonds. The molecule has 0 saturated heterocycles. The molecule has 2 aromatic rings. The number of carbonyl (C=O) groups is 2. The first-order valence-electron chi connectivity index (χ1n) is 6.98. The quantitative estimate of drug-likeness (QED) is 0.490. The van der Waals surface area contributed by atoms with E-state index in [-0.39, 0.29) is 11.3 Å². The molecule has 25 heavy (non-hydrogen) atoms. The molecule has 0 unspecified atom stereocenters. The molecule has 1 N–H and O–H groups in total. The number of rotatable bonds is 6. The number of nitro groups is 1. The first-order valence-corrected chi connectivity index (χ1v) is 6.98. The molecule has 2 aromatic carbocycles. The van der Waals surface area contributed by atoms with Crippen LogP contribution in [0.2, 0.25) is 0 Å². The summed E-state index contributed by atoms with van der Waals surface area (Å²) in [6.45, 7) is 1.26. The van der Waals surface area contributed by atoms with Gasteiger partial charge in [0.25, 0.3) is 5.91 Å². The van der Waals surface area contributed by atoms with Gasteiger partial charge in [0.1, 0.15) is 23.6 Å². The number of hydrogen-bond acceptors (Lipinski definition) is 5. The first kappa shape index (κ1) is 18.0. The third-order valence-corrected chi connectivity index (χ3v) is 3.20. The van der Waals surface area contributed by atoms with Crippen LogP contribution in [0.25, 0.3) is 0 Å². The summed E-state index contributed by atoms with van der Waals surface area (Å²) in [7, 11) is 0. The zero-order chi connectivity index (χ0) is 18.6. The Morgan fingerprint density at radius 1 is 1.28 bits per heavy atom. The van der Waals surface area contributed by atoms with Gasteiger partial charge < -0.3 is 10.1 Å². The Kier molecular flexibility index (Phi) is 5.38. The fourth-order valence-electron chi connectivity index (χ4n) is 1.94. The van der Waals surface area contributed by atoms with E-state index in [1.165, 1.54) is 13.0 Å². The van der Waals surface area contributed by atoms with Crippen LogP contribution in [0.15, 0.2) is 36.4 Å². The molecule has 0 aliphatic rings. The highest BCUT2D eigenvalue weighted by molar-refractivity contribution is 5.94. The summed E-state index contributed by atoms with van der Waals surface area (Å²) in [5.74, 6) is -3.10. The number of para-hydroxylation sites is 1. The van der Waals surface area contributed by atoms with Crippen molar-refractivity contribution in [3.63, 3.8) is 0 Å². The highest BCUT2D eigenvalue weighted by Crippen LogP contribution is 2.28. The van der Waals surface area contributed by atoms with E-state index in [0.29, 0.717) is 6.29 Å². The summed E-state index contributed by atoms with van der Waals surface area (Å²) in [5.41, 5.74) is -1.10. The molecule has 0 radical (unpaired) electrons. The molecular weight excluding hydrogens is 338 g/mol. The second-order valence-electron chi connectivity index (χ2n) is 4.95. The fourth-order valence-corrected chi connectivity index (χ4v) is 1.94. The maximum absolute atomic E-state index is 13.5. The molecule has 0 fully saturated rings. The van der Waals surface area contributed by atoms with Crippen LogP contribution in [0, 0.1) is 21.7 Å². The summed E-state index contributed by atoms with van der Waals surface area (Å²) in [4.78, 5) is 33.0. The maximum Gasteiger partial charge on any atom is 0.311 e. The minimum absolute atomic E-state index is 0.0598. The Morgan fingerprint density at radius 3 is 2.48 bits per heavy atom. The van der Waals surface area contributed by atoms with Gasteiger partial charge in [0.2, 0.25) is 0 Å². The summed E-state index contributed by atoms with van der Waals surface area (Å²) in [6, 6.07) is 6.49. The minimum atomic E-state index is -1.29. The van der Waals surface area contributed by atoms with Crippen molar-refractivity contribution in [2.45, 2.75) is 13.0 Å². The maximum atomic E-state index is 13.5. The molecular formula is C16H12F2N2O5. The van der Waals surface area contributed by atoms with Gasteiger partial charge in [-0.05, 0) is 31.2 Å². The highest BCUT2D eigenvalue weighted by atomic mass is 19.1. The number of aldehydes is 1. The number of carbonyl (C=O) groups excluding carboxylic acids is 2. The molecule has 0 bridgehead atoms. The van der Waals surface area contributed by atoms with Gasteiger partial charge in [0, 0.05) is 11.6 Å². The van der Waals surface area contributed by atoms with Crippen molar-refractivity contribution < 1.29 is 28.0 Å². The van der Waals surface area contributed by atoms with E-state index in [2.05, 4.69) is 0 Å². The van der Waals surface area contributed by atoms with Crippen LogP contribution in [0.3, 0.4) is 0 Å². The van der Waals surface area contributed by atoms with Crippen molar-refractivity contribution in [1.29, 1.82) is 0 Å². The van der Waals surface area contributed by atoms with Crippen molar-refractivity contribution in [2.24, 2.45) is 0 Å². The summed E-state index contributed by atoms with van der Waals surface area (Å²) >= 11 is 0. The molecule has 0 saturated carbocycles. The largest absolute Gasteiger partial charge is 0.474 e. The lowest BCUT2D eigenvalue weighted by Crippen LogP contribution is -2.31. The van der Waals surface area contributed by atoms with E-state index in [0.717, 1.165) is 30.3 Å². The zero-order valence-corrected chi connectivity index (χ0v) is 12.9. The van der Waals surface area contributed by atoms with Crippen LogP contribution in [0.5, 0.6) is 5.75 Å². The number of nitrogens with one attached hydrogen (secondary N) is 1. The van der Waals surface area contributed by atoms with Crippen LogP contribution >= 0.6 is 0 Å². The topological polar surface area (TPSA) is 98.5 Å².